The summed E-state index contributed by atoms with van der Waals surface area (Å²) in [5.41, 5.74) is 12.6. The Hall–Kier alpha value is -1.78. The predicted molar refractivity (Wildman–Crippen MR) is 72.4 cm³/mol. The van der Waals surface area contributed by atoms with Crippen LogP contribution in [-0.4, -0.2) is 24.0 Å². The van der Waals surface area contributed by atoms with Crippen molar-refractivity contribution < 1.29 is 4.79 Å². The number of hydrogen-bond donors (Lipinski definition) is 2. The summed E-state index contributed by atoms with van der Waals surface area (Å²) < 4.78 is 0. The Morgan fingerprint density at radius 3 is 2.56 bits per heavy atom. The van der Waals surface area contributed by atoms with Crippen LogP contribution in [0.15, 0.2) is 12.3 Å². The number of pyridine rings is 1. The van der Waals surface area contributed by atoms with Crippen LogP contribution in [0.5, 0.6) is 0 Å². The first-order valence-electron chi connectivity index (χ1n) is 6.19. The molecule has 1 aromatic heterocycles. The average Bonchev–Trinajstić information content (AvgIpc) is 2.29. The van der Waals surface area contributed by atoms with Gasteiger partial charge in [-0.05, 0) is 24.3 Å². The molecule has 0 unspecified atom stereocenters. The number of primary amides is 1. The molecule has 1 saturated heterocycles. The quantitative estimate of drug-likeness (QED) is 0.828. The van der Waals surface area contributed by atoms with E-state index < -0.39 is 5.91 Å². The molecule has 5 heteroatoms. The molecule has 0 atom stereocenters. The first-order chi connectivity index (χ1) is 8.39. The standard InChI is InChI=1S/C13H20N4O/c1-13(2)3-5-17(6-4-13)10-8-16-11(14)7-9(10)12(15)18/h7-8H,3-6H2,1-2H3,(H2,14,16)(H2,15,18). The maximum atomic E-state index is 11.5. The number of carbonyl (C=O) groups is 1. The number of amides is 1. The number of piperidine rings is 1. The predicted octanol–water partition coefficient (Wildman–Crippen LogP) is 1.39. The minimum atomic E-state index is -0.455. The van der Waals surface area contributed by atoms with Crippen molar-refractivity contribution in [2.75, 3.05) is 23.7 Å². The average molecular weight is 248 g/mol. The molecule has 2 rings (SSSR count). The SMILES string of the molecule is CC1(C)CCN(c2cnc(N)cc2C(N)=O)CC1. The van der Waals surface area contributed by atoms with Gasteiger partial charge in [0.05, 0.1) is 17.4 Å². The molecule has 0 aromatic carbocycles. The molecule has 1 aliphatic rings. The molecular weight excluding hydrogens is 228 g/mol. The van der Waals surface area contributed by atoms with Crippen LogP contribution in [0.2, 0.25) is 0 Å². The highest BCUT2D eigenvalue weighted by atomic mass is 16.1. The Morgan fingerprint density at radius 2 is 2.00 bits per heavy atom. The topological polar surface area (TPSA) is 85.2 Å². The van der Waals surface area contributed by atoms with E-state index in [1.54, 1.807) is 12.3 Å². The van der Waals surface area contributed by atoms with Crippen LogP contribution in [0.4, 0.5) is 11.5 Å². The van der Waals surface area contributed by atoms with Crippen molar-refractivity contribution in [3.63, 3.8) is 0 Å². The summed E-state index contributed by atoms with van der Waals surface area (Å²) in [6.45, 7) is 6.36. The van der Waals surface area contributed by atoms with Gasteiger partial charge in [-0.2, -0.15) is 0 Å². The zero-order chi connectivity index (χ0) is 13.3. The molecule has 2 heterocycles. The highest BCUT2D eigenvalue weighted by Gasteiger charge is 2.27. The number of rotatable bonds is 2. The van der Waals surface area contributed by atoms with Gasteiger partial charge in [-0.3, -0.25) is 4.79 Å². The fourth-order valence-electron chi connectivity index (χ4n) is 2.27. The number of aromatic nitrogens is 1. The van der Waals surface area contributed by atoms with Crippen molar-refractivity contribution in [1.29, 1.82) is 0 Å². The molecule has 1 aromatic rings. The smallest absolute Gasteiger partial charge is 0.251 e. The van der Waals surface area contributed by atoms with Crippen LogP contribution in [0.1, 0.15) is 37.0 Å². The number of anilines is 2. The molecule has 18 heavy (non-hydrogen) atoms. The molecule has 0 aliphatic carbocycles. The third-order valence-electron chi connectivity index (χ3n) is 3.63. The number of carbonyl (C=O) groups excluding carboxylic acids is 1. The van der Waals surface area contributed by atoms with Crippen molar-refractivity contribution in [2.24, 2.45) is 11.1 Å². The maximum Gasteiger partial charge on any atom is 0.251 e. The van der Waals surface area contributed by atoms with Gasteiger partial charge in [-0.15, -0.1) is 0 Å². The first-order valence-corrected chi connectivity index (χ1v) is 6.19. The molecule has 4 N–H and O–H groups in total. The van der Waals surface area contributed by atoms with Gasteiger partial charge >= 0.3 is 0 Å². The summed E-state index contributed by atoms with van der Waals surface area (Å²) in [7, 11) is 0. The van der Waals surface area contributed by atoms with Gasteiger partial charge in [0.1, 0.15) is 5.82 Å². The Balaban J connectivity index is 2.26. The van der Waals surface area contributed by atoms with Crippen molar-refractivity contribution in [2.45, 2.75) is 26.7 Å². The minimum absolute atomic E-state index is 0.324. The van der Waals surface area contributed by atoms with Crippen molar-refractivity contribution >= 4 is 17.4 Å². The summed E-state index contributed by atoms with van der Waals surface area (Å²) in [6, 6.07) is 1.55. The molecule has 98 valence electrons. The van der Waals surface area contributed by atoms with Gasteiger partial charge in [0.2, 0.25) is 0 Å². The fraction of sp³-hybridized carbons (Fsp3) is 0.538. The molecule has 1 aliphatic heterocycles. The second kappa shape index (κ2) is 4.48. The van der Waals surface area contributed by atoms with E-state index in [0.29, 0.717) is 16.8 Å². The highest BCUT2D eigenvalue weighted by Crippen LogP contribution is 2.33. The maximum absolute atomic E-state index is 11.5. The molecule has 1 fully saturated rings. The Kier molecular flexibility index (Phi) is 3.15. The molecule has 0 saturated carbocycles. The number of nitrogens with zero attached hydrogens (tertiary/aromatic N) is 2. The third-order valence-corrected chi connectivity index (χ3v) is 3.63. The van der Waals surface area contributed by atoms with Crippen LogP contribution in [0, 0.1) is 5.41 Å². The van der Waals surface area contributed by atoms with E-state index in [1.807, 2.05) is 0 Å². The molecule has 0 bridgehead atoms. The van der Waals surface area contributed by atoms with E-state index in [2.05, 4.69) is 23.7 Å². The van der Waals surface area contributed by atoms with Gasteiger partial charge in [0.15, 0.2) is 0 Å². The summed E-state index contributed by atoms with van der Waals surface area (Å²) in [5.74, 6) is -0.131. The lowest BCUT2D eigenvalue weighted by Gasteiger charge is -2.38. The van der Waals surface area contributed by atoms with Crippen LogP contribution >= 0.6 is 0 Å². The summed E-state index contributed by atoms with van der Waals surface area (Å²) in [4.78, 5) is 17.7. The number of nitrogen functional groups attached to an aromatic ring is 1. The van der Waals surface area contributed by atoms with Crippen LogP contribution in [0.3, 0.4) is 0 Å². The molecule has 0 radical (unpaired) electrons. The van der Waals surface area contributed by atoms with Gasteiger partial charge in [0.25, 0.3) is 5.91 Å². The van der Waals surface area contributed by atoms with E-state index >= 15 is 0 Å². The largest absolute Gasteiger partial charge is 0.384 e. The van der Waals surface area contributed by atoms with Crippen LogP contribution in [0.25, 0.3) is 0 Å². The van der Waals surface area contributed by atoms with E-state index in [9.17, 15) is 4.79 Å². The van der Waals surface area contributed by atoms with Crippen molar-refractivity contribution in [3.8, 4) is 0 Å². The number of nitrogens with two attached hydrogens (primary N) is 2. The minimum Gasteiger partial charge on any atom is -0.384 e. The summed E-state index contributed by atoms with van der Waals surface area (Å²) >= 11 is 0. The van der Waals surface area contributed by atoms with Crippen LogP contribution in [-0.2, 0) is 0 Å². The zero-order valence-electron chi connectivity index (χ0n) is 10.9. The Bertz CT molecular complexity index is 460. The highest BCUT2D eigenvalue weighted by molar-refractivity contribution is 5.99. The van der Waals surface area contributed by atoms with E-state index in [-0.39, 0.29) is 0 Å². The zero-order valence-corrected chi connectivity index (χ0v) is 10.9. The van der Waals surface area contributed by atoms with E-state index in [0.717, 1.165) is 31.6 Å². The lowest BCUT2D eigenvalue weighted by atomic mass is 9.82. The van der Waals surface area contributed by atoms with Crippen molar-refractivity contribution in [1.82, 2.24) is 4.98 Å². The molecular formula is C13H20N4O. The Labute approximate surface area is 107 Å². The van der Waals surface area contributed by atoms with Gasteiger partial charge in [-0.25, -0.2) is 4.98 Å². The first kappa shape index (κ1) is 12.7. The van der Waals surface area contributed by atoms with Gasteiger partial charge < -0.3 is 16.4 Å². The summed E-state index contributed by atoms with van der Waals surface area (Å²) in [6.07, 6.45) is 3.83. The molecule has 0 spiro atoms. The monoisotopic (exact) mass is 248 g/mol. The normalized spacial score (nSPS) is 18.7. The van der Waals surface area contributed by atoms with E-state index in [4.69, 9.17) is 11.5 Å². The second-order valence-electron chi connectivity index (χ2n) is 5.64. The lowest BCUT2D eigenvalue weighted by Crippen LogP contribution is -2.38. The fourth-order valence-corrected chi connectivity index (χ4v) is 2.27. The second-order valence-corrected chi connectivity index (χ2v) is 5.64. The van der Waals surface area contributed by atoms with Crippen molar-refractivity contribution in [3.05, 3.63) is 17.8 Å². The van der Waals surface area contributed by atoms with E-state index in [1.165, 1.54) is 0 Å². The Morgan fingerprint density at radius 1 is 1.39 bits per heavy atom. The number of hydrogen-bond acceptors (Lipinski definition) is 4. The molecule has 5 nitrogen and oxygen atoms in total. The van der Waals surface area contributed by atoms with Gasteiger partial charge in [-0.1, -0.05) is 13.8 Å². The lowest BCUT2D eigenvalue weighted by molar-refractivity contribution is 0.100. The van der Waals surface area contributed by atoms with Gasteiger partial charge in [0, 0.05) is 13.1 Å². The molecule has 1 amide bonds. The van der Waals surface area contributed by atoms with Crippen LogP contribution < -0.4 is 16.4 Å². The third kappa shape index (κ3) is 2.55. The summed E-state index contributed by atoms with van der Waals surface area (Å²) in [5, 5.41) is 0.